The van der Waals surface area contributed by atoms with Gasteiger partial charge in [-0.25, -0.2) is 0 Å². The minimum atomic E-state index is -0.269. The van der Waals surface area contributed by atoms with Crippen molar-refractivity contribution < 1.29 is 14.3 Å². The standard InChI is InChI=1S/C23H23N3O3/c1-3-12-29-20-8-4-6-17(13-20)22(27)25-18-10-9-16(2)21(14-18)23(28)26-19-7-5-11-24-15-19/h4-11,13-15H,3,12H2,1-2H3,(H,25,27)(H,26,28). The Hall–Kier alpha value is -3.67. The van der Waals surface area contributed by atoms with E-state index in [1.807, 2.05) is 19.9 Å². The molecular formula is C23H23N3O3. The molecule has 0 bridgehead atoms. The number of hydrogen-bond donors (Lipinski definition) is 2. The zero-order valence-corrected chi connectivity index (χ0v) is 16.4. The summed E-state index contributed by atoms with van der Waals surface area (Å²) in [6.45, 7) is 4.47. The molecule has 2 amide bonds. The molecule has 0 atom stereocenters. The van der Waals surface area contributed by atoms with Crippen molar-refractivity contribution in [1.29, 1.82) is 0 Å². The van der Waals surface area contributed by atoms with Crippen LogP contribution in [-0.4, -0.2) is 23.4 Å². The Morgan fingerprint density at radius 2 is 1.79 bits per heavy atom. The molecule has 0 radical (unpaired) electrons. The lowest BCUT2D eigenvalue weighted by Gasteiger charge is -2.11. The Bertz CT molecular complexity index is 1000. The molecule has 29 heavy (non-hydrogen) atoms. The molecule has 0 fully saturated rings. The molecule has 1 aromatic heterocycles. The highest BCUT2D eigenvalue weighted by atomic mass is 16.5. The van der Waals surface area contributed by atoms with E-state index in [0.29, 0.717) is 34.9 Å². The number of hydrogen-bond acceptors (Lipinski definition) is 4. The van der Waals surface area contributed by atoms with Crippen LogP contribution in [0.2, 0.25) is 0 Å². The summed E-state index contributed by atoms with van der Waals surface area (Å²) in [5.74, 6) is 0.121. The van der Waals surface area contributed by atoms with Crippen molar-refractivity contribution in [1.82, 2.24) is 4.98 Å². The van der Waals surface area contributed by atoms with Crippen molar-refractivity contribution in [2.45, 2.75) is 20.3 Å². The van der Waals surface area contributed by atoms with Crippen LogP contribution in [0.25, 0.3) is 0 Å². The first kappa shape index (κ1) is 20.1. The van der Waals surface area contributed by atoms with Crippen LogP contribution >= 0.6 is 0 Å². The number of aryl methyl sites for hydroxylation is 1. The molecule has 2 aromatic carbocycles. The van der Waals surface area contributed by atoms with Gasteiger partial charge in [0.2, 0.25) is 0 Å². The van der Waals surface area contributed by atoms with Gasteiger partial charge in [0, 0.05) is 23.0 Å². The fraction of sp³-hybridized carbons (Fsp3) is 0.174. The van der Waals surface area contributed by atoms with Gasteiger partial charge >= 0.3 is 0 Å². The maximum atomic E-state index is 12.6. The van der Waals surface area contributed by atoms with Gasteiger partial charge in [0.1, 0.15) is 5.75 Å². The van der Waals surface area contributed by atoms with E-state index in [9.17, 15) is 9.59 Å². The second kappa shape index (κ2) is 9.50. The van der Waals surface area contributed by atoms with Crippen LogP contribution in [0.5, 0.6) is 5.75 Å². The molecule has 6 nitrogen and oxygen atoms in total. The van der Waals surface area contributed by atoms with Crippen LogP contribution in [-0.2, 0) is 0 Å². The summed E-state index contributed by atoms with van der Waals surface area (Å²) in [4.78, 5) is 29.2. The number of nitrogens with one attached hydrogen (secondary N) is 2. The maximum absolute atomic E-state index is 12.6. The number of pyridine rings is 1. The molecule has 0 spiro atoms. The van der Waals surface area contributed by atoms with E-state index in [-0.39, 0.29) is 11.8 Å². The SMILES string of the molecule is CCCOc1cccc(C(=O)Nc2ccc(C)c(C(=O)Nc3cccnc3)c2)c1. The summed E-state index contributed by atoms with van der Waals surface area (Å²) in [5.41, 5.74) is 2.92. The van der Waals surface area contributed by atoms with Crippen molar-refractivity contribution in [3.8, 4) is 5.75 Å². The summed E-state index contributed by atoms with van der Waals surface area (Å²) < 4.78 is 5.58. The number of benzene rings is 2. The smallest absolute Gasteiger partial charge is 0.256 e. The average molecular weight is 389 g/mol. The van der Waals surface area contributed by atoms with Crippen molar-refractivity contribution >= 4 is 23.2 Å². The molecule has 2 N–H and O–H groups in total. The van der Waals surface area contributed by atoms with Crippen molar-refractivity contribution in [3.63, 3.8) is 0 Å². The fourth-order valence-corrected chi connectivity index (χ4v) is 2.73. The zero-order valence-electron chi connectivity index (χ0n) is 16.4. The third-order valence-electron chi connectivity index (χ3n) is 4.23. The number of carbonyl (C=O) groups excluding carboxylic acids is 2. The predicted octanol–water partition coefficient (Wildman–Crippen LogP) is 4.68. The Balaban J connectivity index is 1.74. The number of nitrogens with zero attached hydrogens (tertiary/aromatic N) is 1. The van der Waals surface area contributed by atoms with Gasteiger partial charge in [-0.15, -0.1) is 0 Å². The monoisotopic (exact) mass is 389 g/mol. The van der Waals surface area contributed by atoms with Crippen LogP contribution < -0.4 is 15.4 Å². The molecule has 148 valence electrons. The molecule has 0 unspecified atom stereocenters. The summed E-state index contributed by atoms with van der Waals surface area (Å²) in [5, 5.41) is 5.65. The number of anilines is 2. The van der Waals surface area contributed by atoms with Gasteiger partial charge in [0.25, 0.3) is 11.8 Å². The first-order chi connectivity index (χ1) is 14.1. The van der Waals surface area contributed by atoms with Gasteiger partial charge in [-0.05, 0) is 61.4 Å². The summed E-state index contributed by atoms with van der Waals surface area (Å²) >= 11 is 0. The summed E-state index contributed by atoms with van der Waals surface area (Å²) in [7, 11) is 0. The third kappa shape index (κ3) is 5.42. The molecule has 6 heteroatoms. The van der Waals surface area contributed by atoms with Gasteiger partial charge < -0.3 is 15.4 Å². The first-order valence-electron chi connectivity index (χ1n) is 9.43. The number of aromatic nitrogens is 1. The zero-order chi connectivity index (χ0) is 20.6. The Kier molecular flexibility index (Phi) is 6.58. The van der Waals surface area contributed by atoms with Crippen molar-refractivity contribution in [3.05, 3.63) is 83.7 Å². The van der Waals surface area contributed by atoms with Crippen LogP contribution in [0.4, 0.5) is 11.4 Å². The van der Waals surface area contributed by atoms with Gasteiger partial charge in [-0.2, -0.15) is 0 Å². The van der Waals surface area contributed by atoms with E-state index < -0.39 is 0 Å². The lowest BCUT2D eigenvalue weighted by molar-refractivity contribution is 0.101. The van der Waals surface area contributed by atoms with Crippen LogP contribution in [0.15, 0.2) is 67.0 Å². The Morgan fingerprint density at radius 1 is 0.966 bits per heavy atom. The van der Waals surface area contributed by atoms with E-state index in [2.05, 4.69) is 15.6 Å². The highest BCUT2D eigenvalue weighted by Crippen LogP contribution is 2.19. The minimum Gasteiger partial charge on any atom is -0.494 e. The highest BCUT2D eigenvalue weighted by molar-refractivity contribution is 6.08. The molecular weight excluding hydrogens is 366 g/mol. The van der Waals surface area contributed by atoms with Crippen LogP contribution in [0.3, 0.4) is 0 Å². The normalized spacial score (nSPS) is 10.3. The quantitative estimate of drug-likeness (QED) is 0.615. The minimum absolute atomic E-state index is 0.262. The van der Waals surface area contributed by atoms with Gasteiger partial charge in [-0.1, -0.05) is 19.1 Å². The van der Waals surface area contributed by atoms with Gasteiger partial charge in [-0.3, -0.25) is 14.6 Å². The Morgan fingerprint density at radius 3 is 2.55 bits per heavy atom. The second-order valence-electron chi connectivity index (χ2n) is 6.56. The van der Waals surface area contributed by atoms with Crippen molar-refractivity contribution in [2.75, 3.05) is 17.2 Å². The van der Waals surface area contributed by atoms with Gasteiger partial charge in [0.15, 0.2) is 0 Å². The largest absolute Gasteiger partial charge is 0.494 e. The van der Waals surface area contributed by atoms with E-state index in [0.717, 1.165) is 12.0 Å². The topological polar surface area (TPSA) is 80.3 Å². The molecule has 3 rings (SSSR count). The van der Waals surface area contributed by atoms with E-state index in [4.69, 9.17) is 4.74 Å². The summed E-state index contributed by atoms with van der Waals surface area (Å²) in [6.07, 6.45) is 4.11. The molecule has 0 aliphatic heterocycles. The number of carbonyl (C=O) groups is 2. The molecule has 0 saturated carbocycles. The Labute approximate surface area is 169 Å². The van der Waals surface area contributed by atoms with E-state index >= 15 is 0 Å². The second-order valence-corrected chi connectivity index (χ2v) is 6.56. The van der Waals surface area contributed by atoms with Crippen molar-refractivity contribution in [2.24, 2.45) is 0 Å². The molecule has 0 aliphatic rings. The average Bonchev–Trinajstić information content (AvgIpc) is 2.74. The van der Waals surface area contributed by atoms with Crippen LogP contribution in [0.1, 0.15) is 39.6 Å². The third-order valence-corrected chi connectivity index (χ3v) is 4.23. The van der Waals surface area contributed by atoms with E-state index in [1.54, 1.807) is 60.9 Å². The lowest BCUT2D eigenvalue weighted by atomic mass is 10.1. The molecule has 0 saturated heterocycles. The number of ether oxygens (including phenoxy) is 1. The molecule has 3 aromatic rings. The van der Waals surface area contributed by atoms with E-state index in [1.165, 1.54) is 0 Å². The summed E-state index contributed by atoms with van der Waals surface area (Å²) in [6, 6.07) is 15.8. The highest BCUT2D eigenvalue weighted by Gasteiger charge is 2.13. The maximum Gasteiger partial charge on any atom is 0.256 e. The molecule has 1 heterocycles. The molecule has 0 aliphatic carbocycles. The predicted molar refractivity (Wildman–Crippen MR) is 114 cm³/mol. The van der Waals surface area contributed by atoms with Crippen LogP contribution in [0, 0.1) is 6.92 Å². The first-order valence-corrected chi connectivity index (χ1v) is 9.43. The lowest BCUT2D eigenvalue weighted by Crippen LogP contribution is -2.16. The number of amides is 2. The fourth-order valence-electron chi connectivity index (χ4n) is 2.73. The number of rotatable bonds is 7. The van der Waals surface area contributed by atoms with Gasteiger partial charge in [0.05, 0.1) is 18.5 Å².